The van der Waals surface area contributed by atoms with E-state index in [1.807, 2.05) is 18.2 Å². The first-order valence-corrected chi connectivity index (χ1v) is 9.25. The van der Waals surface area contributed by atoms with Crippen molar-refractivity contribution in [2.75, 3.05) is 10.6 Å². The van der Waals surface area contributed by atoms with Gasteiger partial charge in [-0.3, -0.25) is 9.35 Å². The SMILES string of the molecule is N[SH](=O)(P)c1ccc(NC(=O)Nc2ccccc2)cc1. The monoisotopic (exact) mass is 309 g/mol. The molecule has 7 heteroatoms. The highest BCUT2D eigenvalue weighted by atomic mass is 32.8. The third kappa shape index (κ3) is 4.13. The first-order chi connectivity index (χ1) is 9.45. The molecule has 2 aromatic carbocycles. The highest BCUT2D eigenvalue weighted by Gasteiger charge is 2.06. The Balaban J connectivity index is 2.00. The second-order valence-electron chi connectivity index (χ2n) is 4.20. The number of rotatable bonds is 3. The van der Waals surface area contributed by atoms with Crippen molar-refractivity contribution in [2.24, 2.45) is 5.14 Å². The van der Waals surface area contributed by atoms with Crippen LogP contribution in [0.25, 0.3) is 0 Å². The molecule has 4 N–H and O–H groups in total. The van der Waals surface area contributed by atoms with Crippen molar-refractivity contribution < 1.29 is 9.00 Å². The number of anilines is 2. The van der Waals surface area contributed by atoms with Crippen molar-refractivity contribution >= 4 is 35.6 Å². The third-order valence-electron chi connectivity index (χ3n) is 2.56. The molecule has 5 nitrogen and oxygen atoms in total. The zero-order valence-electron chi connectivity index (χ0n) is 10.6. The van der Waals surface area contributed by atoms with Crippen LogP contribution in [0, 0.1) is 0 Å². The number of benzene rings is 2. The second kappa shape index (κ2) is 6.13. The van der Waals surface area contributed by atoms with E-state index in [9.17, 15) is 9.00 Å². The number of para-hydroxylation sites is 1. The Kier molecular flexibility index (Phi) is 4.49. The fourth-order valence-electron chi connectivity index (χ4n) is 1.59. The number of nitrogens with one attached hydrogen (secondary N) is 2. The molecule has 0 spiro atoms. The summed E-state index contributed by atoms with van der Waals surface area (Å²) in [7, 11) is -0.700. The molecular formula is C13H16N3O2PS. The molecule has 2 aromatic rings. The lowest BCUT2D eigenvalue weighted by Crippen LogP contribution is -2.19. The van der Waals surface area contributed by atoms with Gasteiger partial charge >= 0.3 is 6.03 Å². The van der Waals surface area contributed by atoms with Gasteiger partial charge in [0.1, 0.15) is 0 Å². The minimum atomic E-state index is -2.84. The van der Waals surface area contributed by atoms with Gasteiger partial charge in [-0.15, -0.1) is 0 Å². The summed E-state index contributed by atoms with van der Waals surface area (Å²) in [6.07, 6.45) is 0. The van der Waals surface area contributed by atoms with Crippen LogP contribution in [0.5, 0.6) is 0 Å². The standard InChI is InChI=1S/C13H16N3O2PS/c14-20(18,19)12-8-6-11(7-9-12)16-13(17)15-10-4-2-1-3-5-10/h1-9,20H,19H2,(H2,14,18)(H2,15,16,17). The lowest BCUT2D eigenvalue weighted by molar-refractivity contribution is 0.262. The topological polar surface area (TPSA) is 84.2 Å². The molecule has 1 atom stereocenters. The lowest BCUT2D eigenvalue weighted by atomic mass is 10.3. The second-order valence-corrected chi connectivity index (χ2v) is 8.44. The number of urea groups is 1. The number of carbonyl (C=O) groups is 1. The Morgan fingerprint density at radius 3 is 1.95 bits per heavy atom. The maximum absolute atomic E-state index is 11.8. The fraction of sp³-hybridized carbons (Fsp3) is 0. The molecule has 0 aromatic heterocycles. The first kappa shape index (κ1) is 14.7. The van der Waals surface area contributed by atoms with Gasteiger partial charge < -0.3 is 10.6 Å². The van der Waals surface area contributed by atoms with Gasteiger partial charge in [-0.05, 0) is 54.6 Å². The molecule has 0 bridgehead atoms. The van der Waals surface area contributed by atoms with Crippen LogP contribution >= 0.6 is 8.44 Å². The van der Waals surface area contributed by atoms with Crippen LogP contribution < -0.4 is 15.8 Å². The van der Waals surface area contributed by atoms with Crippen LogP contribution in [0.1, 0.15) is 0 Å². The normalized spacial score (nSPS) is 11.7. The summed E-state index contributed by atoms with van der Waals surface area (Å²) >= 11 is 0. The zero-order chi connectivity index (χ0) is 14.6. The molecule has 106 valence electrons. The highest BCUT2D eigenvalue weighted by Crippen LogP contribution is 2.21. The molecule has 0 heterocycles. The summed E-state index contributed by atoms with van der Waals surface area (Å²) in [6, 6.07) is 15.4. The van der Waals surface area contributed by atoms with Crippen molar-refractivity contribution in [3.05, 3.63) is 54.6 Å². The number of carbonyl (C=O) groups excluding carboxylic acids is 1. The molecular weight excluding hydrogens is 293 g/mol. The smallest absolute Gasteiger partial charge is 0.308 e. The lowest BCUT2D eigenvalue weighted by Gasteiger charge is -2.13. The van der Waals surface area contributed by atoms with Crippen molar-refractivity contribution in [3.63, 3.8) is 0 Å². The van der Waals surface area contributed by atoms with Gasteiger partial charge in [0, 0.05) is 16.3 Å². The number of nitrogens with two attached hydrogens (primary N) is 1. The Bertz CT molecular complexity index is 640. The van der Waals surface area contributed by atoms with E-state index in [1.54, 1.807) is 36.4 Å². The highest BCUT2D eigenvalue weighted by molar-refractivity contribution is 8.44. The maximum atomic E-state index is 11.8. The van der Waals surface area contributed by atoms with Gasteiger partial charge in [0.2, 0.25) is 0 Å². The van der Waals surface area contributed by atoms with E-state index in [-0.39, 0.29) is 6.03 Å². The minimum absolute atomic E-state index is 0.342. The van der Waals surface area contributed by atoms with Crippen molar-refractivity contribution in [3.8, 4) is 0 Å². The van der Waals surface area contributed by atoms with Crippen molar-refractivity contribution in [1.29, 1.82) is 0 Å². The quantitative estimate of drug-likeness (QED) is 0.518. The third-order valence-corrected chi connectivity index (χ3v) is 4.56. The van der Waals surface area contributed by atoms with Crippen molar-refractivity contribution in [1.82, 2.24) is 0 Å². The van der Waals surface area contributed by atoms with E-state index in [0.717, 1.165) is 0 Å². The Morgan fingerprint density at radius 1 is 0.950 bits per heavy atom. The van der Waals surface area contributed by atoms with Gasteiger partial charge in [0.25, 0.3) is 0 Å². The van der Waals surface area contributed by atoms with Gasteiger partial charge in [-0.1, -0.05) is 18.2 Å². The van der Waals surface area contributed by atoms with E-state index in [4.69, 9.17) is 5.14 Å². The predicted molar refractivity (Wildman–Crippen MR) is 87.2 cm³/mol. The van der Waals surface area contributed by atoms with Crippen molar-refractivity contribution in [2.45, 2.75) is 4.90 Å². The largest absolute Gasteiger partial charge is 0.323 e. The molecule has 0 radical (unpaired) electrons. The Morgan fingerprint density at radius 2 is 1.45 bits per heavy atom. The summed E-state index contributed by atoms with van der Waals surface area (Å²) in [4.78, 5) is 12.3. The molecule has 20 heavy (non-hydrogen) atoms. The van der Waals surface area contributed by atoms with Gasteiger partial charge in [0.05, 0.1) is 0 Å². The summed E-state index contributed by atoms with van der Waals surface area (Å²) < 4.78 is 11.6. The van der Waals surface area contributed by atoms with E-state index >= 15 is 0 Å². The maximum Gasteiger partial charge on any atom is 0.323 e. The molecule has 0 aliphatic heterocycles. The molecule has 0 aliphatic rings. The average molecular weight is 309 g/mol. The van der Waals surface area contributed by atoms with Gasteiger partial charge in [-0.2, -0.15) is 0 Å². The molecule has 0 saturated carbocycles. The number of thiol groups is 1. The molecule has 2 amide bonds. The molecule has 2 rings (SSSR count). The number of hydrogen-bond donors (Lipinski definition) is 4. The number of amides is 2. The summed E-state index contributed by atoms with van der Waals surface area (Å²) in [5.41, 5.74) is 1.30. The van der Waals surface area contributed by atoms with Gasteiger partial charge in [0.15, 0.2) is 0 Å². The van der Waals surface area contributed by atoms with Crippen LogP contribution in [-0.4, -0.2) is 10.2 Å². The zero-order valence-corrected chi connectivity index (χ0v) is 12.7. The van der Waals surface area contributed by atoms with Crippen LogP contribution in [-0.2, 0) is 9.74 Å². The van der Waals surface area contributed by atoms with Crippen LogP contribution in [0.3, 0.4) is 0 Å². The molecule has 1 unspecified atom stereocenters. The van der Waals surface area contributed by atoms with E-state index < -0.39 is 9.74 Å². The number of hydrogen-bond acceptors (Lipinski definition) is 2. The molecule has 0 aliphatic carbocycles. The molecule has 0 saturated heterocycles. The Labute approximate surface area is 120 Å². The van der Waals surface area contributed by atoms with Gasteiger partial charge in [-0.25, -0.2) is 4.79 Å². The van der Waals surface area contributed by atoms with Crippen LogP contribution in [0.4, 0.5) is 16.2 Å². The Hall–Kier alpha value is -1.75. The average Bonchev–Trinajstić information content (AvgIpc) is 2.39. The first-order valence-electron chi connectivity index (χ1n) is 5.86. The fourth-order valence-corrected chi connectivity index (χ4v) is 2.72. The summed E-state index contributed by atoms with van der Waals surface area (Å²) in [5, 5.41) is 10.9. The van der Waals surface area contributed by atoms with E-state index in [1.165, 1.54) is 0 Å². The van der Waals surface area contributed by atoms with Crippen LogP contribution in [0.2, 0.25) is 0 Å². The molecule has 0 fully saturated rings. The minimum Gasteiger partial charge on any atom is -0.308 e. The summed E-state index contributed by atoms with van der Waals surface area (Å²) in [6.45, 7) is 0. The van der Waals surface area contributed by atoms with Crippen LogP contribution in [0.15, 0.2) is 59.5 Å². The van der Waals surface area contributed by atoms with E-state index in [0.29, 0.717) is 16.3 Å². The van der Waals surface area contributed by atoms with E-state index in [2.05, 4.69) is 19.1 Å². The summed E-state index contributed by atoms with van der Waals surface area (Å²) in [5.74, 6) is 0. The predicted octanol–water partition coefficient (Wildman–Crippen LogP) is 2.37.